The number of unbranched alkanes of at least 4 members (excludes halogenated alkanes) is 2. The number of ether oxygens (including phenoxy) is 3. The molecule has 0 aromatic heterocycles. The molecule has 0 saturated carbocycles. The summed E-state index contributed by atoms with van der Waals surface area (Å²) in [4.78, 5) is 62.1. The lowest BCUT2D eigenvalue weighted by molar-refractivity contribution is -0.135. The van der Waals surface area contributed by atoms with Crippen molar-refractivity contribution in [3.8, 4) is 0 Å². The fourth-order valence-electron chi connectivity index (χ4n) is 2.81. The van der Waals surface area contributed by atoms with Crippen molar-refractivity contribution >= 4 is 29.3 Å². The number of nitrogens with one attached hydrogen (secondary N) is 3. The number of aliphatic hydroxyl groups is 1. The summed E-state index contributed by atoms with van der Waals surface area (Å²) in [5, 5.41) is 13.8. The lowest BCUT2D eigenvalue weighted by Crippen LogP contribution is -2.41. The van der Waals surface area contributed by atoms with Crippen LogP contribution in [0.2, 0.25) is 0 Å². The zero-order chi connectivity index (χ0) is 27.0. The van der Waals surface area contributed by atoms with Crippen LogP contribution in [0.4, 0.5) is 0 Å². The van der Waals surface area contributed by atoms with Crippen LogP contribution in [0.15, 0.2) is 0 Å². The highest BCUT2D eigenvalue weighted by molar-refractivity contribution is 5.87. The molecule has 0 rings (SSSR count). The average Bonchev–Trinajstić information content (AvgIpc) is 2.81. The Bertz CT molecular complexity index is 660. The van der Waals surface area contributed by atoms with Crippen LogP contribution in [-0.4, -0.2) is 99.8 Å². The van der Waals surface area contributed by atoms with Gasteiger partial charge in [0, 0.05) is 26.3 Å². The Hall–Kier alpha value is -2.45. The minimum absolute atomic E-state index is 0.00141. The molecule has 0 saturated heterocycles. The first-order valence-electron chi connectivity index (χ1n) is 12.1. The molecule has 4 N–H and O–H groups in total. The van der Waals surface area contributed by atoms with Crippen molar-refractivity contribution in [1.82, 2.24) is 16.1 Å². The predicted molar refractivity (Wildman–Crippen MR) is 128 cm³/mol. The van der Waals surface area contributed by atoms with Crippen molar-refractivity contribution in [1.29, 1.82) is 0 Å². The fraction of sp³-hybridized carbons (Fsp3) is 0.783. The van der Waals surface area contributed by atoms with Crippen molar-refractivity contribution in [3.63, 3.8) is 0 Å². The number of carbonyl (C=O) groups is 5. The molecule has 13 nitrogen and oxygen atoms in total. The number of carbonyl (C=O) groups excluding carboxylic acids is 5. The monoisotopic (exact) mass is 519 g/mol. The second kappa shape index (κ2) is 23.0. The highest BCUT2D eigenvalue weighted by Gasteiger charge is 2.16. The second-order valence-corrected chi connectivity index (χ2v) is 7.92. The number of Topliss-reactive ketones (excluding diaryl/α,β-unsaturated/α-hetero) is 2. The smallest absolute Gasteiger partial charge is 0.246 e. The summed E-state index contributed by atoms with van der Waals surface area (Å²) in [6.45, 7) is 3.72. The Morgan fingerprint density at radius 2 is 1.47 bits per heavy atom. The van der Waals surface area contributed by atoms with Gasteiger partial charge in [-0.3, -0.25) is 28.8 Å². The summed E-state index contributed by atoms with van der Waals surface area (Å²) in [6.07, 6.45) is 2.95. The Balaban J connectivity index is 3.73. The van der Waals surface area contributed by atoms with E-state index in [1.807, 2.05) is 0 Å². The van der Waals surface area contributed by atoms with E-state index in [-0.39, 0.29) is 69.4 Å². The van der Waals surface area contributed by atoms with Gasteiger partial charge < -0.3 is 30.0 Å². The van der Waals surface area contributed by atoms with Gasteiger partial charge in [0.15, 0.2) is 11.6 Å². The van der Waals surface area contributed by atoms with E-state index in [0.29, 0.717) is 45.4 Å². The summed E-state index contributed by atoms with van der Waals surface area (Å²) < 4.78 is 15.7. The third kappa shape index (κ3) is 22.0. The van der Waals surface area contributed by atoms with Crippen LogP contribution in [0, 0.1) is 0 Å². The number of hydrogen-bond acceptors (Lipinski definition) is 10. The maximum absolute atomic E-state index is 11.9. The molecule has 0 heterocycles. The van der Waals surface area contributed by atoms with Gasteiger partial charge in [-0.15, -0.1) is 0 Å². The van der Waals surface area contributed by atoms with Crippen LogP contribution in [0.5, 0.6) is 0 Å². The molecular formula is C23H41N3O10. The molecule has 0 aromatic rings. The molecule has 36 heavy (non-hydrogen) atoms. The van der Waals surface area contributed by atoms with Gasteiger partial charge in [0.05, 0.1) is 45.7 Å². The first-order chi connectivity index (χ1) is 17.3. The Morgan fingerprint density at radius 3 is 2.17 bits per heavy atom. The van der Waals surface area contributed by atoms with Gasteiger partial charge in [-0.2, -0.15) is 0 Å². The lowest BCUT2D eigenvalue weighted by atomic mass is 10.0. The molecule has 13 heteroatoms. The van der Waals surface area contributed by atoms with Crippen molar-refractivity contribution in [2.75, 3.05) is 59.4 Å². The number of hydrogen-bond donors (Lipinski definition) is 4. The Morgan fingerprint density at radius 1 is 0.778 bits per heavy atom. The lowest BCUT2D eigenvalue weighted by Gasteiger charge is -2.16. The molecule has 0 aliphatic rings. The topological polar surface area (TPSA) is 179 Å². The SMILES string of the molecule is CC(=O)NOCCOCC(=O)NC(CCCCCC(=O)COCCOCCNC(=O)CCO)C(C)=O. The van der Waals surface area contributed by atoms with Crippen molar-refractivity contribution in [3.05, 3.63) is 0 Å². The van der Waals surface area contributed by atoms with Gasteiger partial charge >= 0.3 is 0 Å². The molecule has 1 unspecified atom stereocenters. The highest BCUT2D eigenvalue weighted by Crippen LogP contribution is 2.07. The number of aliphatic hydroxyl groups excluding tert-OH is 1. The van der Waals surface area contributed by atoms with Crippen LogP contribution >= 0.6 is 0 Å². The van der Waals surface area contributed by atoms with E-state index < -0.39 is 11.9 Å². The molecule has 0 aromatic carbocycles. The molecular weight excluding hydrogens is 478 g/mol. The van der Waals surface area contributed by atoms with E-state index in [9.17, 15) is 24.0 Å². The Labute approximate surface area is 211 Å². The minimum Gasteiger partial charge on any atom is -0.396 e. The van der Waals surface area contributed by atoms with Crippen molar-refractivity contribution in [2.24, 2.45) is 0 Å². The standard InChI is InChI=1S/C23H41N3O10/c1-18(28)21(25-23(32)17-35-14-15-36-26-19(2)29)7-5-3-4-6-20(30)16-34-13-12-33-11-9-24-22(31)8-10-27/h21,27H,3-17H2,1-2H3,(H,24,31)(H,25,32)(H,26,29). The summed E-state index contributed by atoms with van der Waals surface area (Å²) in [5.41, 5.74) is 2.13. The first-order valence-corrected chi connectivity index (χ1v) is 12.1. The number of ketones is 2. The van der Waals surface area contributed by atoms with E-state index in [4.69, 9.17) is 24.2 Å². The summed E-state index contributed by atoms with van der Waals surface area (Å²) >= 11 is 0. The molecule has 0 spiro atoms. The van der Waals surface area contributed by atoms with Crippen LogP contribution in [-0.2, 0) is 43.0 Å². The Kier molecular flexibility index (Phi) is 21.4. The fourth-order valence-corrected chi connectivity index (χ4v) is 2.81. The van der Waals surface area contributed by atoms with E-state index in [2.05, 4.69) is 16.1 Å². The molecule has 1 atom stereocenters. The van der Waals surface area contributed by atoms with Crippen LogP contribution in [0.1, 0.15) is 52.4 Å². The molecule has 0 radical (unpaired) electrons. The normalized spacial score (nSPS) is 11.5. The molecule has 0 aliphatic carbocycles. The quantitative estimate of drug-likeness (QED) is 0.0931. The maximum Gasteiger partial charge on any atom is 0.246 e. The van der Waals surface area contributed by atoms with Gasteiger partial charge in [0.1, 0.15) is 13.2 Å². The van der Waals surface area contributed by atoms with Gasteiger partial charge in [0.25, 0.3) is 0 Å². The van der Waals surface area contributed by atoms with Crippen LogP contribution in [0.25, 0.3) is 0 Å². The van der Waals surface area contributed by atoms with Crippen LogP contribution in [0.3, 0.4) is 0 Å². The maximum atomic E-state index is 11.9. The third-order valence-electron chi connectivity index (χ3n) is 4.60. The highest BCUT2D eigenvalue weighted by atomic mass is 16.7. The molecule has 0 fully saturated rings. The van der Waals surface area contributed by atoms with Crippen LogP contribution < -0.4 is 16.1 Å². The third-order valence-corrected chi connectivity index (χ3v) is 4.60. The van der Waals surface area contributed by atoms with E-state index >= 15 is 0 Å². The molecule has 208 valence electrons. The second-order valence-electron chi connectivity index (χ2n) is 7.92. The zero-order valence-electron chi connectivity index (χ0n) is 21.3. The van der Waals surface area contributed by atoms with Gasteiger partial charge in [-0.05, 0) is 19.8 Å². The van der Waals surface area contributed by atoms with Gasteiger partial charge in [0.2, 0.25) is 17.7 Å². The minimum atomic E-state index is -0.612. The van der Waals surface area contributed by atoms with Gasteiger partial charge in [-0.25, -0.2) is 5.48 Å². The number of amides is 3. The summed E-state index contributed by atoms with van der Waals surface area (Å²) in [5.74, 6) is -1.18. The number of rotatable bonds is 24. The first kappa shape index (κ1) is 33.5. The van der Waals surface area contributed by atoms with Gasteiger partial charge in [-0.1, -0.05) is 12.8 Å². The zero-order valence-corrected chi connectivity index (χ0v) is 21.3. The van der Waals surface area contributed by atoms with E-state index in [0.717, 1.165) is 6.42 Å². The van der Waals surface area contributed by atoms with Crippen molar-refractivity contribution < 1.29 is 48.1 Å². The van der Waals surface area contributed by atoms with E-state index in [1.165, 1.54) is 13.8 Å². The average molecular weight is 520 g/mol. The summed E-state index contributed by atoms with van der Waals surface area (Å²) in [6, 6.07) is -0.612. The van der Waals surface area contributed by atoms with Crippen molar-refractivity contribution in [2.45, 2.75) is 58.4 Å². The molecule has 0 aliphatic heterocycles. The molecule has 3 amide bonds. The van der Waals surface area contributed by atoms with E-state index in [1.54, 1.807) is 0 Å². The largest absolute Gasteiger partial charge is 0.396 e. The molecule has 0 bridgehead atoms. The predicted octanol–water partition coefficient (Wildman–Crippen LogP) is -0.804. The summed E-state index contributed by atoms with van der Waals surface area (Å²) in [7, 11) is 0. The number of hydroxylamine groups is 1.